The Kier molecular flexibility index (Phi) is 8.25. The number of halogens is 1. The van der Waals surface area contributed by atoms with E-state index >= 15 is 0 Å². The minimum absolute atomic E-state index is 0.0232. The minimum atomic E-state index is -1.60. The van der Waals surface area contributed by atoms with E-state index in [9.17, 15) is 19.2 Å². The molecule has 2 aromatic carbocycles. The molecule has 12 nitrogen and oxygen atoms in total. The number of hydrogen-bond acceptors (Lipinski definition) is 8. The maximum atomic E-state index is 13.5. The third kappa shape index (κ3) is 5.93. The van der Waals surface area contributed by atoms with E-state index in [1.54, 1.807) is 29.2 Å². The Bertz CT molecular complexity index is 1290. The number of carbonyl (C=O) groups is 4. The lowest BCUT2D eigenvalue weighted by atomic mass is 10.1. The average molecular weight is 544 g/mol. The molecule has 200 valence electrons. The molecular formula is C25H26ClN5O7. The number of benzene rings is 2. The lowest BCUT2D eigenvalue weighted by Gasteiger charge is -2.35. The third-order valence-electron chi connectivity index (χ3n) is 5.91. The predicted octanol–water partition coefficient (Wildman–Crippen LogP) is 1.29. The van der Waals surface area contributed by atoms with Crippen LogP contribution in [0.1, 0.15) is 12.5 Å². The molecule has 4 N–H and O–H groups in total. The second-order valence-electron chi connectivity index (χ2n) is 8.53. The molecule has 0 saturated carbocycles. The van der Waals surface area contributed by atoms with Crippen LogP contribution >= 0.6 is 11.6 Å². The fraction of sp³-hybridized carbons (Fsp3) is 0.320. The Hall–Kier alpha value is -4.00. The van der Waals surface area contributed by atoms with E-state index in [0.29, 0.717) is 24.5 Å². The number of amidine groups is 1. The Labute approximate surface area is 223 Å². The second kappa shape index (κ2) is 11.6. The van der Waals surface area contributed by atoms with Crippen molar-refractivity contribution in [2.24, 2.45) is 5.73 Å². The molecule has 0 spiro atoms. The van der Waals surface area contributed by atoms with E-state index in [1.807, 2.05) is 0 Å². The fourth-order valence-corrected chi connectivity index (χ4v) is 4.44. The van der Waals surface area contributed by atoms with Gasteiger partial charge in [-0.25, -0.2) is 0 Å². The maximum Gasteiger partial charge on any atom is 0.303 e. The fourth-order valence-electron chi connectivity index (χ4n) is 4.16. The summed E-state index contributed by atoms with van der Waals surface area (Å²) < 4.78 is 16.0. The Morgan fingerprint density at radius 2 is 1.84 bits per heavy atom. The molecule has 2 fully saturated rings. The van der Waals surface area contributed by atoms with Crippen LogP contribution in [-0.4, -0.2) is 74.6 Å². The molecule has 13 heteroatoms. The Morgan fingerprint density at radius 3 is 2.50 bits per heavy atom. The molecular weight excluding hydrogens is 518 g/mol. The average Bonchev–Trinajstić information content (AvgIpc) is 2.87. The van der Waals surface area contributed by atoms with Crippen molar-refractivity contribution in [3.63, 3.8) is 0 Å². The number of nitrogens with zero attached hydrogens (tertiary/aromatic N) is 2. The van der Waals surface area contributed by atoms with Crippen LogP contribution in [0.25, 0.3) is 0 Å². The van der Waals surface area contributed by atoms with Crippen LogP contribution in [0.5, 0.6) is 0 Å². The number of esters is 1. The zero-order valence-corrected chi connectivity index (χ0v) is 21.2. The number of nitrogens with one attached hydrogen (secondary N) is 2. The van der Waals surface area contributed by atoms with Crippen LogP contribution in [0.3, 0.4) is 0 Å². The zero-order chi connectivity index (χ0) is 27.4. The van der Waals surface area contributed by atoms with Crippen LogP contribution in [0.2, 0.25) is 5.02 Å². The van der Waals surface area contributed by atoms with E-state index in [2.05, 4.69) is 5.32 Å². The van der Waals surface area contributed by atoms with Crippen molar-refractivity contribution >= 4 is 58.2 Å². The monoisotopic (exact) mass is 543 g/mol. The number of nitrogens with two attached hydrogens (primary N) is 1. The number of anilines is 3. The van der Waals surface area contributed by atoms with E-state index in [4.69, 9.17) is 37.0 Å². The summed E-state index contributed by atoms with van der Waals surface area (Å²) in [7, 11) is 0. The second-order valence-corrected chi connectivity index (χ2v) is 8.93. The van der Waals surface area contributed by atoms with Gasteiger partial charge in [-0.05, 0) is 36.4 Å². The summed E-state index contributed by atoms with van der Waals surface area (Å²) in [4.78, 5) is 53.8. The highest BCUT2D eigenvalue weighted by Gasteiger charge is 2.42. The number of morpholine rings is 2. The first-order chi connectivity index (χ1) is 18.2. The van der Waals surface area contributed by atoms with Gasteiger partial charge in [0.2, 0.25) is 6.10 Å². The van der Waals surface area contributed by atoms with Crippen LogP contribution in [0.15, 0.2) is 42.5 Å². The number of rotatable bonds is 7. The molecule has 2 atom stereocenters. The lowest BCUT2D eigenvalue weighted by molar-refractivity contribution is -0.167. The number of ether oxygens (including phenoxy) is 3. The highest BCUT2D eigenvalue weighted by atomic mass is 35.5. The quantitative estimate of drug-likeness (QED) is 0.267. The number of hydrogen-bond donors (Lipinski definition) is 3. The van der Waals surface area contributed by atoms with Crippen molar-refractivity contribution in [1.82, 2.24) is 0 Å². The van der Waals surface area contributed by atoms with Gasteiger partial charge in [0.25, 0.3) is 17.7 Å². The van der Waals surface area contributed by atoms with Crippen molar-refractivity contribution < 1.29 is 33.4 Å². The van der Waals surface area contributed by atoms with Gasteiger partial charge in [0, 0.05) is 42.6 Å². The molecule has 2 aliphatic rings. The van der Waals surface area contributed by atoms with Crippen molar-refractivity contribution in [2.75, 3.05) is 48.0 Å². The van der Waals surface area contributed by atoms with Gasteiger partial charge in [-0.3, -0.25) is 24.6 Å². The molecule has 0 aliphatic carbocycles. The summed E-state index contributed by atoms with van der Waals surface area (Å²) in [6.07, 6.45) is -3.02. The molecule has 2 saturated heterocycles. The van der Waals surface area contributed by atoms with Crippen LogP contribution in [0.4, 0.5) is 17.1 Å². The van der Waals surface area contributed by atoms with Crippen molar-refractivity contribution in [1.29, 1.82) is 5.41 Å². The van der Waals surface area contributed by atoms with Gasteiger partial charge in [-0.2, -0.15) is 0 Å². The van der Waals surface area contributed by atoms with E-state index in [0.717, 1.165) is 6.92 Å². The highest BCUT2D eigenvalue weighted by molar-refractivity contribution is 6.34. The smallest absolute Gasteiger partial charge is 0.303 e. The summed E-state index contributed by atoms with van der Waals surface area (Å²) in [5, 5.41) is 10.2. The molecule has 38 heavy (non-hydrogen) atoms. The highest BCUT2D eigenvalue weighted by Crippen LogP contribution is 2.27. The van der Waals surface area contributed by atoms with Gasteiger partial charge >= 0.3 is 5.97 Å². The van der Waals surface area contributed by atoms with Crippen LogP contribution in [-0.2, 0) is 33.4 Å². The van der Waals surface area contributed by atoms with Crippen LogP contribution in [0, 0.1) is 5.41 Å². The number of nitrogen functional groups attached to an aromatic ring is 1. The van der Waals surface area contributed by atoms with Gasteiger partial charge in [-0.15, -0.1) is 0 Å². The summed E-state index contributed by atoms with van der Waals surface area (Å²) in [5.74, 6) is -2.61. The van der Waals surface area contributed by atoms with Crippen molar-refractivity contribution in [3.8, 4) is 0 Å². The summed E-state index contributed by atoms with van der Waals surface area (Å²) in [6, 6.07) is 11.2. The van der Waals surface area contributed by atoms with Crippen LogP contribution < -0.4 is 20.9 Å². The largest absolute Gasteiger partial charge is 0.449 e. The van der Waals surface area contributed by atoms with Gasteiger partial charge in [0.05, 0.1) is 18.2 Å². The molecule has 0 unspecified atom stereocenters. The first-order valence-electron chi connectivity index (χ1n) is 11.7. The lowest BCUT2D eigenvalue weighted by Crippen LogP contribution is -2.56. The normalized spacial score (nSPS) is 18.6. The van der Waals surface area contributed by atoms with Crippen molar-refractivity contribution in [3.05, 3.63) is 53.1 Å². The number of carbonyl (C=O) groups excluding carboxylic acids is 4. The first kappa shape index (κ1) is 27.0. The standard InChI is InChI=1S/C25H26ClN5O7/c1-14(32)38-21(24(34)29-15-5-6-18(23(27)28)19(26)11-15)22-25(35)31(8-10-37-22)17-4-2-3-16(12-17)30-7-9-36-13-20(30)33/h2-6,11-12,21-22H,7-10,13H2,1H3,(H3,27,28)(H,29,34)/t21-,22-/m1/s1. The topological polar surface area (TPSA) is 164 Å². The minimum Gasteiger partial charge on any atom is -0.449 e. The third-order valence-corrected chi connectivity index (χ3v) is 6.23. The zero-order valence-electron chi connectivity index (χ0n) is 20.4. The molecule has 0 aromatic heterocycles. The Morgan fingerprint density at radius 1 is 1.13 bits per heavy atom. The summed E-state index contributed by atoms with van der Waals surface area (Å²) in [6.45, 7) is 2.13. The van der Waals surface area contributed by atoms with E-state index in [1.165, 1.54) is 23.1 Å². The van der Waals surface area contributed by atoms with Crippen molar-refractivity contribution in [2.45, 2.75) is 19.1 Å². The van der Waals surface area contributed by atoms with E-state index in [-0.39, 0.29) is 47.8 Å². The number of amides is 3. The van der Waals surface area contributed by atoms with Gasteiger partial charge in [0.1, 0.15) is 12.4 Å². The predicted molar refractivity (Wildman–Crippen MR) is 138 cm³/mol. The molecule has 4 rings (SSSR count). The summed E-state index contributed by atoms with van der Waals surface area (Å²) in [5.41, 5.74) is 7.09. The SMILES string of the molecule is CC(=O)O[C@@H](C(=O)Nc1ccc(C(=N)N)c(Cl)c1)[C@H]1OCCN(c2cccc(N3CCOCC3=O)c2)C1=O. The molecule has 3 amide bonds. The van der Waals surface area contributed by atoms with Gasteiger partial charge in [0.15, 0.2) is 6.10 Å². The molecule has 2 aromatic rings. The van der Waals surface area contributed by atoms with Gasteiger partial charge in [-0.1, -0.05) is 17.7 Å². The Balaban J connectivity index is 1.56. The van der Waals surface area contributed by atoms with Gasteiger partial charge < -0.3 is 35.1 Å². The summed E-state index contributed by atoms with van der Waals surface area (Å²) >= 11 is 6.13. The molecule has 0 bridgehead atoms. The van der Waals surface area contributed by atoms with E-state index < -0.39 is 30.0 Å². The molecule has 0 radical (unpaired) electrons. The molecule has 2 aliphatic heterocycles. The molecule has 2 heterocycles. The first-order valence-corrected chi connectivity index (χ1v) is 12.1. The maximum absolute atomic E-state index is 13.5.